The predicted molar refractivity (Wildman–Crippen MR) is 136 cm³/mol. The number of benzene rings is 2. The van der Waals surface area contributed by atoms with Gasteiger partial charge in [0.2, 0.25) is 5.91 Å². The second-order valence-electron chi connectivity index (χ2n) is 10.3. The van der Waals surface area contributed by atoms with Crippen LogP contribution in [0, 0.1) is 5.82 Å². The Morgan fingerprint density at radius 3 is 2.42 bits per heavy atom. The van der Waals surface area contributed by atoms with Gasteiger partial charge in [-0.1, -0.05) is 35.9 Å². The van der Waals surface area contributed by atoms with Crippen molar-refractivity contribution in [2.75, 3.05) is 12.0 Å². The molecule has 1 aliphatic carbocycles. The van der Waals surface area contributed by atoms with Gasteiger partial charge in [-0.25, -0.2) is 18.0 Å². The smallest absolute Gasteiger partial charge is 0.410 e. The van der Waals surface area contributed by atoms with E-state index in [1.165, 1.54) is 42.3 Å². The number of nitrogens with zero attached hydrogens (tertiary/aromatic N) is 2. The van der Waals surface area contributed by atoms with Crippen LogP contribution < -0.4 is 10.2 Å². The first-order chi connectivity index (χ1) is 17.8. The molecule has 7 nitrogen and oxygen atoms in total. The molecule has 1 saturated carbocycles. The number of amides is 3. The number of alkyl halides is 2. The monoisotopic (exact) mass is 551 g/mol. The molecule has 1 heterocycles. The van der Waals surface area contributed by atoms with Gasteiger partial charge in [-0.3, -0.25) is 19.4 Å². The molecule has 2 atom stereocenters. The molecule has 3 amide bonds. The Balaban J connectivity index is 1.82. The van der Waals surface area contributed by atoms with Crippen LogP contribution in [0.1, 0.15) is 51.1 Å². The summed E-state index contributed by atoms with van der Waals surface area (Å²) >= 11 is 6.47. The average Bonchev–Trinajstić information content (AvgIpc) is 3.15. The molecule has 2 aromatic rings. The van der Waals surface area contributed by atoms with Gasteiger partial charge in [0.25, 0.3) is 11.8 Å². The van der Waals surface area contributed by atoms with Crippen LogP contribution in [0.2, 0.25) is 5.02 Å². The molecule has 11 heteroatoms. The molecule has 0 bridgehead atoms. The second kappa shape index (κ2) is 10.5. The fraction of sp³-hybridized carbons (Fsp3) is 0.444. The largest absolute Gasteiger partial charge is 0.453 e. The van der Waals surface area contributed by atoms with Crippen LogP contribution in [0.15, 0.2) is 48.5 Å². The number of carbonyl (C=O) groups excluding carboxylic acids is 3. The minimum absolute atomic E-state index is 0.0449. The topological polar surface area (TPSA) is 79.0 Å². The number of methoxy groups -OCH3 is 1. The summed E-state index contributed by atoms with van der Waals surface area (Å²) in [7, 11) is 1.21. The molecule has 1 saturated heterocycles. The van der Waals surface area contributed by atoms with E-state index in [1.807, 2.05) is 0 Å². The van der Waals surface area contributed by atoms with Crippen LogP contribution in [0.3, 0.4) is 0 Å². The number of rotatable bonds is 6. The third kappa shape index (κ3) is 5.45. The van der Waals surface area contributed by atoms with Crippen molar-refractivity contribution in [1.82, 2.24) is 10.2 Å². The van der Waals surface area contributed by atoms with E-state index in [0.29, 0.717) is 6.42 Å². The van der Waals surface area contributed by atoms with Crippen molar-refractivity contribution in [2.24, 2.45) is 0 Å². The summed E-state index contributed by atoms with van der Waals surface area (Å²) in [5, 5.41) is 2.75. The van der Waals surface area contributed by atoms with Crippen LogP contribution in [0.25, 0.3) is 0 Å². The number of anilines is 1. The third-order valence-corrected chi connectivity index (χ3v) is 7.46. The summed E-state index contributed by atoms with van der Waals surface area (Å²) in [6.07, 6.45) is -1.06. The molecule has 1 N–H and O–H groups in total. The van der Waals surface area contributed by atoms with E-state index in [2.05, 4.69) is 5.32 Å². The van der Waals surface area contributed by atoms with E-state index < -0.39 is 66.2 Å². The molecule has 0 aromatic heterocycles. The zero-order valence-corrected chi connectivity index (χ0v) is 22.0. The Kier molecular flexibility index (Phi) is 7.65. The van der Waals surface area contributed by atoms with Gasteiger partial charge in [0, 0.05) is 40.7 Å². The zero-order chi connectivity index (χ0) is 27.8. The van der Waals surface area contributed by atoms with Crippen molar-refractivity contribution < 1.29 is 32.3 Å². The summed E-state index contributed by atoms with van der Waals surface area (Å²) in [6, 6.07) is 8.17. The van der Waals surface area contributed by atoms with Crippen molar-refractivity contribution >= 4 is 35.2 Å². The van der Waals surface area contributed by atoms with Gasteiger partial charge in [0.1, 0.15) is 17.9 Å². The first-order valence-corrected chi connectivity index (χ1v) is 12.6. The number of ether oxygens (including phenoxy) is 1. The van der Waals surface area contributed by atoms with Gasteiger partial charge in [-0.2, -0.15) is 0 Å². The lowest BCUT2D eigenvalue weighted by atomic mass is 9.87. The normalized spacial score (nSPS) is 20.8. The summed E-state index contributed by atoms with van der Waals surface area (Å²) in [4.78, 5) is 43.2. The van der Waals surface area contributed by atoms with E-state index in [-0.39, 0.29) is 22.7 Å². The molecule has 38 heavy (non-hydrogen) atoms. The quantitative estimate of drug-likeness (QED) is 0.516. The number of likely N-dealkylation sites (tertiary alicyclic amines) is 1. The number of nitrogens with one attached hydrogen (secondary N) is 1. The van der Waals surface area contributed by atoms with Gasteiger partial charge in [0.05, 0.1) is 7.11 Å². The second-order valence-corrected chi connectivity index (χ2v) is 10.7. The predicted octanol–water partition coefficient (Wildman–Crippen LogP) is 5.48. The Bertz CT molecular complexity index is 1230. The molecule has 0 spiro atoms. The van der Waals surface area contributed by atoms with Crippen LogP contribution in [0.4, 0.5) is 23.7 Å². The van der Waals surface area contributed by atoms with E-state index >= 15 is 0 Å². The minimum Gasteiger partial charge on any atom is -0.453 e. The molecule has 2 aromatic carbocycles. The van der Waals surface area contributed by atoms with Gasteiger partial charge in [-0.05, 0) is 51.0 Å². The Labute approximate surface area is 223 Å². The van der Waals surface area contributed by atoms with Crippen LogP contribution in [0.5, 0.6) is 0 Å². The van der Waals surface area contributed by atoms with E-state index in [0.717, 1.165) is 11.0 Å². The van der Waals surface area contributed by atoms with Gasteiger partial charge < -0.3 is 10.1 Å². The number of hydrogen-bond donors (Lipinski definition) is 1. The standard InChI is InChI=1S/C27H29ClF3N3O4/c1-26(2)12-11-21(34(26)25(37)38-3)24(36)33(18-8-6-7-16(29)13-18)22(19-9-4-5-10-20(19)28)23(35)32-17-14-27(30,31)15-17/h4-10,13,17,21-22H,11-12,14-15H2,1-3H3,(H,32,35). The molecule has 4 rings (SSSR count). The highest BCUT2D eigenvalue weighted by Gasteiger charge is 2.51. The molecule has 2 fully saturated rings. The highest BCUT2D eigenvalue weighted by atomic mass is 35.5. The lowest BCUT2D eigenvalue weighted by Gasteiger charge is -2.40. The van der Waals surface area contributed by atoms with Crippen molar-refractivity contribution in [3.63, 3.8) is 0 Å². The van der Waals surface area contributed by atoms with E-state index in [1.54, 1.807) is 26.0 Å². The molecule has 2 aliphatic rings. The maximum absolute atomic E-state index is 14.4. The molecule has 0 radical (unpaired) electrons. The van der Waals surface area contributed by atoms with Gasteiger partial charge in [0.15, 0.2) is 0 Å². The summed E-state index contributed by atoms with van der Waals surface area (Å²) < 4.78 is 46.4. The number of carbonyl (C=O) groups is 3. The van der Waals surface area contributed by atoms with E-state index in [4.69, 9.17) is 16.3 Å². The first-order valence-electron chi connectivity index (χ1n) is 12.2. The molecule has 204 valence electrons. The Morgan fingerprint density at radius 1 is 1.13 bits per heavy atom. The number of hydrogen-bond acceptors (Lipinski definition) is 4. The summed E-state index contributed by atoms with van der Waals surface area (Å²) in [6.45, 7) is 3.58. The maximum atomic E-state index is 14.4. The molecular weight excluding hydrogens is 523 g/mol. The highest BCUT2D eigenvalue weighted by molar-refractivity contribution is 6.31. The molecule has 2 unspecified atom stereocenters. The van der Waals surface area contributed by atoms with E-state index in [9.17, 15) is 27.6 Å². The van der Waals surface area contributed by atoms with Crippen LogP contribution in [-0.4, -0.2) is 53.5 Å². The summed E-state index contributed by atoms with van der Waals surface area (Å²) in [5.41, 5.74) is -0.471. The van der Waals surface area contributed by atoms with Gasteiger partial charge in [-0.15, -0.1) is 0 Å². The third-order valence-electron chi connectivity index (χ3n) is 7.12. The SMILES string of the molecule is COC(=O)N1C(C(=O)N(c2cccc(F)c2)C(C(=O)NC2CC(F)(F)C2)c2ccccc2Cl)CCC1(C)C. The fourth-order valence-electron chi connectivity index (χ4n) is 5.20. The minimum atomic E-state index is -2.88. The Morgan fingerprint density at radius 2 is 1.82 bits per heavy atom. The lowest BCUT2D eigenvalue weighted by molar-refractivity contribution is -0.133. The highest BCUT2D eigenvalue weighted by Crippen LogP contribution is 2.41. The van der Waals surface area contributed by atoms with Crippen LogP contribution >= 0.6 is 11.6 Å². The maximum Gasteiger partial charge on any atom is 0.410 e. The van der Waals surface area contributed by atoms with Crippen LogP contribution in [-0.2, 0) is 14.3 Å². The van der Waals surface area contributed by atoms with Crippen molar-refractivity contribution in [3.05, 3.63) is 64.9 Å². The van der Waals surface area contributed by atoms with Crippen molar-refractivity contribution in [1.29, 1.82) is 0 Å². The molecular formula is C27H29ClF3N3O4. The molecule has 1 aliphatic heterocycles. The fourth-order valence-corrected chi connectivity index (χ4v) is 5.43. The van der Waals surface area contributed by atoms with Crippen molar-refractivity contribution in [3.8, 4) is 0 Å². The lowest BCUT2D eigenvalue weighted by Crippen LogP contribution is -2.57. The van der Waals surface area contributed by atoms with Gasteiger partial charge >= 0.3 is 6.09 Å². The summed E-state index contributed by atoms with van der Waals surface area (Å²) in [5.74, 6) is -4.95. The first kappa shape index (κ1) is 27.8. The van der Waals surface area contributed by atoms with Crippen molar-refractivity contribution in [2.45, 2.75) is 69.1 Å². The average molecular weight is 552 g/mol. The zero-order valence-electron chi connectivity index (χ0n) is 21.2. The number of halogens is 4. The Hall–Kier alpha value is -3.27.